The summed E-state index contributed by atoms with van der Waals surface area (Å²) in [6, 6.07) is 8.12. The molecule has 1 fully saturated rings. The number of carbonyl (C=O) groups is 1. The normalized spacial score (nSPS) is 23.5. The molecule has 0 bridgehead atoms. The number of hydrogen-bond donors (Lipinski definition) is 6. The number of aliphatic hydroxyl groups is 3. The molecule has 1 saturated heterocycles. The summed E-state index contributed by atoms with van der Waals surface area (Å²) in [5.41, 5.74) is 9.01. The highest BCUT2D eigenvalue weighted by Crippen LogP contribution is 2.32. The third kappa shape index (κ3) is 4.13. The highest BCUT2D eigenvalue weighted by molar-refractivity contribution is 5.88. The van der Waals surface area contributed by atoms with E-state index in [0.29, 0.717) is 5.69 Å². The van der Waals surface area contributed by atoms with Crippen LogP contribution in [-0.4, -0.2) is 65.8 Å². The fraction of sp³-hybridized carbons (Fsp3) is 0.294. The average molecular weight is 429 g/mol. The van der Waals surface area contributed by atoms with E-state index in [0.717, 1.165) is 0 Å². The smallest absolute Gasteiger partial charge is 0.341 e. The van der Waals surface area contributed by atoms with Crippen molar-refractivity contribution in [2.24, 2.45) is 10.3 Å². The summed E-state index contributed by atoms with van der Waals surface area (Å²) in [4.78, 5) is 24.1. The number of nitrogen functional groups attached to an aromatic ring is 1. The van der Waals surface area contributed by atoms with Crippen molar-refractivity contribution >= 4 is 34.6 Å². The topological polar surface area (TPSA) is 205 Å². The Morgan fingerprint density at radius 3 is 2.71 bits per heavy atom. The monoisotopic (exact) mass is 429 g/mol. The highest BCUT2D eigenvalue weighted by atomic mass is 16.6. The average Bonchev–Trinajstić information content (AvgIpc) is 3.30. The standard InChI is InChI=1S/C17H19N9O5/c18-13-10-14(26(7-19-10)15-12(29)11(28)9(6-27)31-15)22-16(21-13)23-25-24-17(30)20-8-4-2-1-3-5-8/h1-5,7,9,11-12,15,27-29H,6H2,(H4,18,20,21,22,23,24,30)/t9-,11-,12-,15-/m1/s1. The zero-order chi connectivity index (χ0) is 22.0. The first-order chi connectivity index (χ1) is 15.0. The fourth-order valence-corrected chi connectivity index (χ4v) is 3.06. The van der Waals surface area contributed by atoms with Crippen LogP contribution in [0.25, 0.3) is 11.2 Å². The molecule has 2 aromatic heterocycles. The van der Waals surface area contributed by atoms with Gasteiger partial charge in [-0.15, -0.1) is 0 Å². The van der Waals surface area contributed by atoms with Gasteiger partial charge < -0.3 is 31.1 Å². The molecule has 2 amide bonds. The molecular formula is C17H19N9O5. The van der Waals surface area contributed by atoms with Gasteiger partial charge in [-0.05, 0) is 12.1 Å². The van der Waals surface area contributed by atoms with Gasteiger partial charge in [0.2, 0.25) is 0 Å². The molecule has 3 aromatic rings. The number of aromatic nitrogens is 4. The SMILES string of the molecule is Nc1nc(/N=N/NC(=O)Nc2ccccc2)nc2c1ncn2[C@@H]1O[C@H](CO)[C@@H](O)[C@H]1O. The first kappa shape index (κ1) is 20.5. The lowest BCUT2D eigenvalue weighted by molar-refractivity contribution is -0.0511. The van der Waals surface area contributed by atoms with Crippen molar-refractivity contribution in [3.8, 4) is 0 Å². The molecule has 0 radical (unpaired) electrons. The molecule has 162 valence electrons. The van der Waals surface area contributed by atoms with Crippen LogP contribution >= 0.6 is 0 Å². The van der Waals surface area contributed by atoms with E-state index in [4.69, 9.17) is 10.5 Å². The third-order valence-electron chi connectivity index (χ3n) is 4.55. The van der Waals surface area contributed by atoms with Crippen LogP contribution < -0.4 is 16.5 Å². The van der Waals surface area contributed by atoms with E-state index in [2.05, 4.69) is 36.0 Å². The summed E-state index contributed by atoms with van der Waals surface area (Å²) < 4.78 is 6.83. The number of para-hydroxylation sites is 1. The number of ether oxygens (including phenoxy) is 1. The number of anilines is 2. The minimum atomic E-state index is -1.33. The molecule has 0 aliphatic carbocycles. The van der Waals surface area contributed by atoms with Gasteiger partial charge in [-0.25, -0.2) is 15.2 Å². The van der Waals surface area contributed by atoms with E-state index >= 15 is 0 Å². The van der Waals surface area contributed by atoms with Crippen molar-refractivity contribution < 1.29 is 24.9 Å². The zero-order valence-electron chi connectivity index (χ0n) is 15.9. The van der Waals surface area contributed by atoms with Crippen LogP contribution in [0, 0.1) is 0 Å². The van der Waals surface area contributed by atoms with Crippen molar-refractivity contribution in [1.29, 1.82) is 0 Å². The Balaban J connectivity index is 1.52. The fourth-order valence-electron chi connectivity index (χ4n) is 3.06. The Hall–Kier alpha value is -3.72. The Labute approximate surface area is 174 Å². The van der Waals surface area contributed by atoms with Crippen LogP contribution in [0.2, 0.25) is 0 Å². The van der Waals surface area contributed by atoms with Crippen LogP contribution in [0.5, 0.6) is 0 Å². The molecule has 31 heavy (non-hydrogen) atoms. The van der Waals surface area contributed by atoms with Crippen molar-refractivity contribution in [3.05, 3.63) is 36.7 Å². The zero-order valence-corrected chi connectivity index (χ0v) is 15.9. The molecule has 4 rings (SSSR count). The Bertz CT molecular complexity index is 1110. The second kappa shape index (κ2) is 8.57. The maximum Gasteiger partial charge on any atom is 0.341 e. The second-order valence-electron chi connectivity index (χ2n) is 6.59. The summed E-state index contributed by atoms with van der Waals surface area (Å²) in [6.45, 7) is -0.478. The second-order valence-corrected chi connectivity index (χ2v) is 6.59. The van der Waals surface area contributed by atoms with Gasteiger partial charge in [-0.1, -0.05) is 28.5 Å². The van der Waals surface area contributed by atoms with Crippen LogP contribution in [0.15, 0.2) is 47.0 Å². The van der Waals surface area contributed by atoms with Crippen molar-refractivity contribution in [1.82, 2.24) is 24.9 Å². The van der Waals surface area contributed by atoms with Gasteiger partial charge in [0.1, 0.15) is 23.8 Å². The number of nitrogens with one attached hydrogen (secondary N) is 2. The summed E-state index contributed by atoms with van der Waals surface area (Å²) >= 11 is 0. The van der Waals surface area contributed by atoms with Crippen molar-refractivity contribution in [3.63, 3.8) is 0 Å². The minimum absolute atomic E-state index is 0.0156. The molecule has 3 heterocycles. The summed E-state index contributed by atoms with van der Waals surface area (Å²) in [7, 11) is 0. The Morgan fingerprint density at radius 2 is 2.00 bits per heavy atom. The van der Waals surface area contributed by atoms with Gasteiger partial charge >= 0.3 is 6.03 Å². The van der Waals surface area contributed by atoms with E-state index in [-0.39, 0.29) is 22.9 Å². The largest absolute Gasteiger partial charge is 0.394 e. The maximum atomic E-state index is 11.9. The van der Waals surface area contributed by atoms with E-state index in [1.165, 1.54) is 10.9 Å². The lowest BCUT2D eigenvalue weighted by Gasteiger charge is -2.16. The van der Waals surface area contributed by atoms with Gasteiger partial charge in [0, 0.05) is 5.69 Å². The number of aliphatic hydroxyl groups excluding tert-OH is 3. The molecule has 7 N–H and O–H groups in total. The quantitative estimate of drug-likeness (QED) is 0.235. The summed E-state index contributed by atoms with van der Waals surface area (Å²) in [6.07, 6.45) is -3.35. The minimum Gasteiger partial charge on any atom is -0.394 e. The van der Waals surface area contributed by atoms with Crippen LogP contribution in [0.1, 0.15) is 6.23 Å². The predicted molar refractivity (Wildman–Crippen MR) is 106 cm³/mol. The van der Waals surface area contributed by atoms with E-state index in [1.54, 1.807) is 24.3 Å². The highest BCUT2D eigenvalue weighted by Gasteiger charge is 2.44. The molecular weight excluding hydrogens is 410 g/mol. The van der Waals surface area contributed by atoms with Crippen LogP contribution in [0.3, 0.4) is 0 Å². The molecule has 0 spiro atoms. The van der Waals surface area contributed by atoms with E-state index < -0.39 is 37.2 Å². The third-order valence-corrected chi connectivity index (χ3v) is 4.55. The molecule has 14 nitrogen and oxygen atoms in total. The molecule has 1 aliphatic heterocycles. The van der Waals surface area contributed by atoms with Gasteiger partial charge in [0.05, 0.1) is 12.9 Å². The van der Waals surface area contributed by atoms with E-state index in [1.807, 2.05) is 6.07 Å². The molecule has 4 atom stereocenters. The lowest BCUT2D eigenvalue weighted by Crippen LogP contribution is -2.33. The number of urea groups is 1. The Morgan fingerprint density at radius 1 is 1.23 bits per heavy atom. The molecule has 1 aromatic carbocycles. The van der Waals surface area contributed by atoms with Crippen molar-refractivity contribution in [2.75, 3.05) is 17.7 Å². The first-order valence-electron chi connectivity index (χ1n) is 9.13. The summed E-state index contributed by atoms with van der Waals surface area (Å²) in [5.74, 6) is -0.198. The van der Waals surface area contributed by atoms with Crippen LogP contribution in [-0.2, 0) is 4.74 Å². The van der Waals surface area contributed by atoms with Gasteiger partial charge in [-0.2, -0.15) is 9.97 Å². The van der Waals surface area contributed by atoms with E-state index in [9.17, 15) is 20.1 Å². The van der Waals surface area contributed by atoms with Crippen LogP contribution in [0.4, 0.5) is 22.2 Å². The molecule has 0 unspecified atom stereocenters. The molecule has 14 heteroatoms. The maximum absolute atomic E-state index is 11.9. The number of fused-ring (bicyclic) bond motifs is 1. The number of amides is 2. The van der Waals surface area contributed by atoms with Crippen molar-refractivity contribution in [2.45, 2.75) is 24.5 Å². The van der Waals surface area contributed by atoms with Gasteiger partial charge in [-0.3, -0.25) is 4.57 Å². The molecule has 1 aliphatic rings. The number of nitrogens with two attached hydrogens (primary N) is 1. The number of carbonyl (C=O) groups excluding carboxylic acids is 1. The number of rotatable bonds is 5. The number of nitrogens with zero attached hydrogens (tertiary/aromatic N) is 6. The summed E-state index contributed by atoms with van der Waals surface area (Å²) in [5, 5.41) is 39.3. The number of hydrogen-bond acceptors (Lipinski definition) is 11. The number of imidazole rings is 1. The van der Waals surface area contributed by atoms with Gasteiger partial charge in [0.25, 0.3) is 5.95 Å². The Kier molecular flexibility index (Phi) is 5.68. The molecule has 0 saturated carbocycles. The number of benzene rings is 1. The lowest BCUT2D eigenvalue weighted by atomic mass is 10.1. The van der Waals surface area contributed by atoms with Gasteiger partial charge in [0.15, 0.2) is 17.7 Å². The predicted octanol–water partition coefficient (Wildman–Crippen LogP) is -0.160. The first-order valence-corrected chi connectivity index (χ1v) is 9.13.